The maximum atomic E-state index is 12.5. The van der Waals surface area contributed by atoms with Gasteiger partial charge in [-0.1, -0.05) is 0 Å². The van der Waals surface area contributed by atoms with Crippen LogP contribution in [0.3, 0.4) is 0 Å². The van der Waals surface area contributed by atoms with Gasteiger partial charge in [0.1, 0.15) is 13.2 Å². The number of rotatable bonds is 6. The number of hydrogen-bond acceptors (Lipinski definition) is 9. The molecule has 9 heteroatoms. The number of fused-ring (bicyclic) bond motifs is 1. The smallest absolute Gasteiger partial charge is 0.363 e. The molecule has 0 unspecified atom stereocenters. The third-order valence-corrected chi connectivity index (χ3v) is 4.69. The molecule has 0 N–H and O–H groups in total. The summed E-state index contributed by atoms with van der Waals surface area (Å²) in [5.41, 5.74) is 1.29. The largest absolute Gasteiger partial charge is 0.493 e. The maximum Gasteiger partial charge on any atom is 0.363 e. The Bertz CT molecular complexity index is 1050. The number of aliphatic imine (C=N–C) groups is 1. The number of carbonyl (C=O) groups excluding carboxylic acids is 1. The third-order valence-electron chi connectivity index (χ3n) is 4.69. The normalized spacial score (nSPS) is 15.9. The molecule has 4 rings (SSSR count). The summed E-state index contributed by atoms with van der Waals surface area (Å²) in [5, 5.41) is 0. The first-order valence-electron chi connectivity index (χ1n) is 9.38. The number of esters is 1. The number of hydrogen-bond donors (Lipinski definition) is 0. The van der Waals surface area contributed by atoms with Crippen molar-refractivity contribution in [2.75, 3.05) is 41.7 Å². The van der Waals surface area contributed by atoms with Gasteiger partial charge in [0.2, 0.25) is 17.4 Å². The lowest BCUT2D eigenvalue weighted by atomic mass is 10.1. The highest BCUT2D eigenvalue weighted by molar-refractivity contribution is 6.13. The molecule has 2 aromatic rings. The van der Waals surface area contributed by atoms with E-state index in [1.807, 2.05) is 0 Å². The predicted octanol–water partition coefficient (Wildman–Crippen LogP) is 2.84. The summed E-state index contributed by atoms with van der Waals surface area (Å²) in [6, 6.07) is 6.80. The van der Waals surface area contributed by atoms with Crippen LogP contribution in [0.5, 0.6) is 34.5 Å². The summed E-state index contributed by atoms with van der Waals surface area (Å²) >= 11 is 0. The van der Waals surface area contributed by atoms with Crippen LogP contribution in [0.1, 0.15) is 11.1 Å². The van der Waals surface area contributed by atoms with Gasteiger partial charge in [-0.15, -0.1) is 0 Å². The molecule has 0 spiro atoms. The fraction of sp³-hybridized carbons (Fsp3) is 0.273. The molecule has 9 nitrogen and oxygen atoms in total. The van der Waals surface area contributed by atoms with Crippen LogP contribution < -0.4 is 28.4 Å². The van der Waals surface area contributed by atoms with E-state index in [0.717, 1.165) is 0 Å². The first-order valence-corrected chi connectivity index (χ1v) is 9.38. The molecule has 2 aliphatic heterocycles. The highest BCUT2D eigenvalue weighted by atomic mass is 16.6. The van der Waals surface area contributed by atoms with Gasteiger partial charge < -0.3 is 33.2 Å². The highest BCUT2D eigenvalue weighted by Gasteiger charge is 2.27. The van der Waals surface area contributed by atoms with Crippen LogP contribution in [0, 0.1) is 0 Å². The van der Waals surface area contributed by atoms with Crippen molar-refractivity contribution >= 4 is 17.9 Å². The van der Waals surface area contributed by atoms with E-state index in [2.05, 4.69) is 4.99 Å². The maximum absolute atomic E-state index is 12.5. The Morgan fingerprint density at radius 1 is 0.871 bits per heavy atom. The summed E-state index contributed by atoms with van der Waals surface area (Å²) in [6.07, 6.45) is 1.59. The van der Waals surface area contributed by atoms with Gasteiger partial charge in [0.25, 0.3) is 0 Å². The van der Waals surface area contributed by atoms with Gasteiger partial charge in [0.05, 0.1) is 28.4 Å². The van der Waals surface area contributed by atoms with Crippen LogP contribution in [0.4, 0.5) is 0 Å². The minimum absolute atomic E-state index is 0.125. The standard InChI is InChI=1S/C22H21NO8/c1-25-15-8-12(9-18-20(15)30-6-5-29-18)7-14-22(24)31-21(23-14)13-10-16(26-2)19(28-4)17(11-13)27-3/h7-11H,5-6H2,1-4H3/b14-7-. The summed E-state index contributed by atoms with van der Waals surface area (Å²) in [4.78, 5) is 16.8. The van der Waals surface area contributed by atoms with Crippen molar-refractivity contribution in [3.8, 4) is 34.5 Å². The summed E-state index contributed by atoms with van der Waals surface area (Å²) in [6.45, 7) is 0.875. The molecule has 2 heterocycles. The molecule has 0 aromatic heterocycles. The van der Waals surface area contributed by atoms with Gasteiger partial charge in [0.15, 0.2) is 28.7 Å². The number of ether oxygens (including phenoxy) is 7. The number of cyclic esters (lactones) is 1. The summed E-state index contributed by atoms with van der Waals surface area (Å²) in [7, 11) is 6.05. The van der Waals surface area contributed by atoms with Crippen molar-refractivity contribution in [2.24, 2.45) is 4.99 Å². The van der Waals surface area contributed by atoms with Gasteiger partial charge in [-0.3, -0.25) is 0 Å². The second-order valence-corrected chi connectivity index (χ2v) is 6.50. The number of benzene rings is 2. The minimum atomic E-state index is -0.586. The van der Waals surface area contributed by atoms with Crippen molar-refractivity contribution in [1.29, 1.82) is 0 Å². The van der Waals surface area contributed by atoms with Crippen LogP contribution in [-0.2, 0) is 9.53 Å². The topological polar surface area (TPSA) is 94.0 Å². The Kier molecular flexibility index (Phi) is 5.57. The fourth-order valence-electron chi connectivity index (χ4n) is 3.27. The Morgan fingerprint density at radius 3 is 2.19 bits per heavy atom. The van der Waals surface area contributed by atoms with E-state index in [1.165, 1.54) is 28.4 Å². The van der Waals surface area contributed by atoms with Gasteiger partial charge in [-0.05, 0) is 35.9 Å². The first-order chi connectivity index (χ1) is 15.1. The average molecular weight is 427 g/mol. The van der Waals surface area contributed by atoms with Crippen molar-refractivity contribution < 1.29 is 38.0 Å². The molecule has 0 aliphatic carbocycles. The van der Waals surface area contributed by atoms with Crippen molar-refractivity contribution in [3.63, 3.8) is 0 Å². The quantitative estimate of drug-likeness (QED) is 0.513. The zero-order chi connectivity index (χ0) is 22.0. The third kappa shape index (κ3) is 3.81. The Balaban J connectivity index is 1.72. The molecule has 2 aliphatic rings. The first kappa shape index (κ1) is 20.4. The van der Waals surface area contributed by atoms with E-state index in [1.54, 1.807) is 30.3 Å². The number of carbonyl (C=O) groups is 1. The molecule has 0 atom stereocenters. The summed E-state index contributed by atoms with van der Waals surface area (Å²) in [5.74, 6) is 2.39. The molecule has 162 valence electrons. The van der Waals surface area contributed by atoms with Crippen LogP contribution in [0.15, 0.2) is 35.0 Å². The van der Waals surface area contributed by atoms with Crippen LogP contribution in [-0.4, -0.2) is 53.5 Å². The minimum Gasteiger partial charge on any atom is -0.493 e. The Labute approximate surface area is 178 Å². The second-order valence-electron chi connectivity index (χ2n) is 6.50. The van der Waals surface area contributed by atoms with Gasteiger partial charge in [0, 0.05) is 5.56 Å². The van der Waals surface area contributed by atoms with Gasteiger partial charge in [-0.2, -0.15) is 0 Å². The molecular weight excluding hydrogens is 406 g/mol. The van der Waals surface area contributed by atoms with Crippen molar-refractivity contribution in [1.82, 2.24) is 0 Å². The molecule has 0 radical (unpaired) electrons. The zero-order valence-corrected chi connectivity index (χ0v) is 17.5. The highest BCUT2D eigenvalue weighted by Crippen LogP contribution is 2.41. The average Bonchev–Trinajstić information content (AvgIpc) is 3.17. The molecule has 0 amide bonds. The van der Waals surface area contributed by atoms with Crippen molar-refractivity contribution in [3.05, 3.63) is 41.1 Å². The number of methoxy groups -OCH3 is 4. The lowest BCUT2D eigenvalue weighted by Crippen LogP contribution is -2.16. The molecule has 0 fully saturated rings. The van der Waals surface area contributed by atoms with E-state index >= 15 is 0 Å². The van der Waals surface area contributed by atoms with E-state index in [4.69, 9.17) is 33.2 Å². The molecule has 0 saturated heterocycles. The zero-order valence-electron chi connectivity index (χ0n) is 17.5. The monoisotopic (exact) mass is 427 g/mol. The lowest BCUT2D eigenvalue weighted by molar-refractivity contribution is -0.129. The fourth-order valence-corrected chi connectivity index (χ4v) is 3.27. The lowest BCUT2D eigenvalue weighted by Gasteiger charge is -2.20. The van der Waals surface area contributed by atoms with Gasteiger partial charge >= 0.3 is 5.97 Å². The summed E-state index contributed by atoms with van der Waals surface area (Å²) < 4.78 is 38.0. The van der Waals surface area contributed by atoms with E-state index in [0.29, 0.717) is 58.8 Å². The van der Waals surface area contributed by atoms with Crippen LogP contribution in [0.2, 0.25) is 0 Å². The Morgan fingerprint density at radius 2 is 1.55 bits per heavy atom. The van der Waals surface area contributed by atoms with E-state index < -0.39 is 5.97 Å². The van der Waals surface area contributed by atoms with E-state index in [-0.39, 0.29) is 11.6 Å². The SMILES string of the molecule is COc1cc(C2=N/C(=C\c3cc(OC)c4c(c3)OCCO4)C(=O)O2)cc(OC)c1OC. The second kappa shape index (κ2) is 8.47. The predicted molar refractivity (Wildman–Crippen MR) is 111 cm³/mol. The van der Waals surface area contributed by atoms with Crippen molar-refractivity contribution in [2.45, 2.75) is 0 Å². The van der Waals surface area contributed by atoms with Crippen LogP contribution in [0.25, 0.3) is 6.08 Å². The molecular formula is C22H21NO8. The van der Waals surface area contributed by atoms with E-state index in [9.17, 15) is 4.79 Å². The molecule has 2 aromatic carbocycles. The Hall–Kier alpha value is -3.88. The van der Waals surface area contributed by atoms with Gasteiger partial charge in [-0.25, -0.2) is 9.79 Å². The molecule has 31 heavy (non-hydrogen) atoms. The van der Waals surface area contributed by atoms with Crippen LogP contribution >= 0.6 is 0 Å². The molecule has 0 saturated carbocycles. The number of nitrogens with zero attached hydrogens (tertiary/aromatic N) is 1. The molecule has 0 bridgehead atoms.